The molecule has 0 spiro atoms. The highest BCUT2D eigenvalue weighted by molar-refractivity contribution is 5.63. The van der Waals surface area contributed by atoms with Crippen LogP contribution in [0.3, 0.4) is 0 Å². The molecule has 0 fully saturated rings. The summed E-state index contributed by atoms with van der Waals surface area (Å²) in [7, 11) is 3.27. The molecule has 1 aromatic carbocycles. The van der Waals surface area contributed by atoms with E-state index in [1.165, 1.54) is 0 Å². The first kappa shape index (κ1) is 28.6. The van der Waals surface area contributed by atoms with Crippen LogP contribution in [0.25, 0.3) is 0 Å². The van der Waals surface area contributed by atoms with Gasteiger partial charge in [0.25, 0.3) is 0 Å². The number of aromatic nitrogens is 2. The standard InChI is InChI=1S/C30H32N2O6/c1-33-17-19-35-21-23-37-29-27(5-3-25-9-13-31-14-10-25)7-8-28(6-4-26-11-15-32-16-12-26)30(29)38-24-22-36-20-18-34-2/h7-16H,17-24H2,1-2H3. The van der Waals surface area contributed by atoms with Crippen LogP contribution in [-0.2, 0) is 18.9 Å². The normalized spacial score (nSPS) is 10.2. The summed E-state index contributed by atoms with van der Waals surface area (Å²) in [6.07, 6.45) is 6.81. The Morgan fingerprint density at radius 2 is 0.895 bits per heavy atom. The van der Waals surface area contributed by atoms with Gasteiger partial charge in [-0.1, -0.05) is 23.7 Å². The maximum atomic E-state index is 6.18. The van der Waals surface area contributed by atoms with Crippen LogP contribution in [0.2, 0.25) is 0 Å². The molecule has 2 aromatic heterocycles. The van der Waals surface area contributed by atoms with Gasteiger partial charge in [-0.15, -0.1) is 0 Å². The molecule has 38 heavy (non-hydrogen) atoms. The third kappa shape index (κ3) is 10.2. The molecule has 0 aliphatic rings. The summed E-state index contributed by atoms with van der Waals surface area (Å²) in [6, 6.07) is 11.2. The number of pyridine rings is 2. The molecule has 0 bridgehead atoms. The van der Waals surface area contributed by atoms with Crippen LogP contribution in [-0.4, -0.2) is 77.0 Å². The van der Waals surface area contributed by atoms with Gasteiger partial charge in [-0.2, -0.15) is 0 Å². The van der Waals surface area contributed by atoms with Crippen molar-refractivity contribution in [3.63, 3.8) is 0 Å². The Morgan fingerprint density at radius 1 is 0.500 bits per heavy atom. The Morgan fingerprint density at radius 3 is 1.29 bits per heavy atom. The number of methoxy groups -OCH3 is 2. The Bertz CT molecular complexity index is 1120. The molecule has 0 atom stereocenters. The Hall–Kier alpha value is -3.92. The van der Waals surface area contributed by atoms with Crippen LogP contribution in [0.5, 0.6) is 11.5 Å². The van der Waals surface area contributed by atoms with E-state index in [-0.39, 0.29) is 0 Å². The molecular formula is C30H32N2O6. The number of ether oxygens (including phenoxy) is 6. The zero-order valence-electron chi connectivity index (χ0n) is 21.8. The van der Waals surface area contributed by atoms with Crippen LogP contribution < -0.4 is 9.47 Å². The van der Waals surface area contributed by atoms with Gasteiger partial charge in [0.1, 0.15) is 13.2 Å². The second-order valence-corrected chi connectivity index (χ2v) is 7.70. The van der Waals surface area contributed by atoms with Gasteiger partial charge in [0.2, 0.25) is 0 Å². The van der Waals surface area contributed by atoms with Gasteiger partial charge < -0.3 is 28.4 Å². The molecule has 0 amide bonds. The van der Waals surface area contributed by atoms with Gasteiger partial charge in [-0.3, -0.25) is 9.97 Å². The highest BCUT2D eigenvalue weighted by Crippen LogP contribution is 2.35. The largest absolute Gasteiger partial charge is 0.486 e. The summed E-state index contributed by atoms with van der Waals surface area (Å²) in [5.74, 6) is 13.7. The maximum Gasteiger partial charge on any atom is 0.178 e. The fourth-order valence-electron chi connectivity index (χ4n) is 3.09. The first-order valence-corrected chi connectivity index (χ1v) is 12.2. The van der Waals surface area contributed by atoms with E-state index < -0.39 is 0 Å². The second-order valence-electron chi connectivity index (χ2n) is 7.70. The van der Waals surface area contributed by atoms with Crippen molar-refractivity contribution in [2.45, 2.75) is 0 Å². The highest BCUT2D eigenvalue weighted by Gasteiger charge is 2.16. The fourth-order valence-corrected chi connectivity index (χ4v) is 3.09. The first-order valence-electron chi connectivity index (χ1n) is 12.2. The second kappa shape index (κ2) is 17.5. The summed E-state index contributed by atoms with van der Waals surface area (Å²) in [4.78, 5) is 8.09. The topological polar surface area (TPSA) is 81.2 Å². The van der Waals surface area contributed by atoms with Crippen molar-refractivity contribution in [3.8, 4) is 35.2 Å². The molecule has 8 nitrogen and oxygen atoms in total. The van der Waals surface area contributed by atoms with Crippen LogP contribution >= 0.6 is 0 Å². The van der Waals surface area contributed by atoms with Crippen molar-refractivity contribution < 1.29 is 28.4 Å². The van der Waals surface area contributed by atoms with Crippen LogP contribution in [0.15, 0.2) is 61.2 Å². The van der Waals surface area contributed by atoms with Crippen molar-refractivity contribution in [2.75, 3.05) is 67.1 Å². The summed E-state index contributed by atoms with van der Waals surface area (Å²) >= 11 is 0. The lowest BCUT2D eigenvalue weighted by molar-refractivity contribution is 0.0498. The van der Waals surface area contributed by atoms with E-state index in [1.807, 2.05) is 36.4 Å². The van der Waals surface area contributed by atoms with Crippen molar-refractivity contribution in [1.29, 1.82) is 0 Å². The zero-order chi connectivity index (χ0) is 26.7. The van der Waals surface area contributed by atoms with E-state index in [4.69, 9.17) is 28.4 Å². The molecule has 0 unspecified atom stereocenters. The summed E-state index contributed by atoms with van der Waals surface area (Å²) in [5.41, 5.74) is 3.01. The number of benzene rings is 1. The average Bonchev–Trinajstić information content (AvgIpc) is 2.96. The SMILES string of the molecule is COCCOCCOc1c(C#Cc2ccncc2)ccc(C#Cc2ccncc2)c1OCCOCCOC. The minimum atomic E-state index is 0.301. The van der Waals surface area contributed by atoms with Gasteiger partial charge in [-0.25, -0.2) is 0 Å². The van der Waals surface area contributed by atoms with Crippen LogP contribution in [0, 0.1) is 23.7 Å². The van der Waals surface area contributed by atoms with E-state index in [0.29, 0.717) is 75.5 Å². The number of hydrogen-bond donors (Lipinski definition) is 0. The van der Waals surface area contributed by atoms with Crippen molar-refractivity contribution in [2.24, 2.45) is 0 Å². The van der Waals surface area contributed by atoms with Gasteiger partial charge in [0.05, 0.1) is 50.8 Å². The number of nitrogens with zero attached hydrogens (tertiary/aromatic N) is 2. The molecular weight excluding hydrogens is 484 g/mol. The average molecular weight is 517 g/mol. The zero-order valence-corrected chi connectivity index (χ0v) is 21.8. The van der Waals surface area contributed by atoms with E-state index in [1.54, 1.807) is 39.0 Å². The molecule has 198 valence electrons. The van der Waals surface area contributed by atoms with Gasteiger partial charge in [-0.05, 0) is 36.4 Å². The Labute approximate surface area is 224 Å². The van der Waals surface area contributed by atoms with Crippen molar-refractivity contribution in [1.82, 2.24) is 9.97 Å². The summed E-state index contributed by atoms with van der Waals surface area (Å²) < 4.78 is 33.6. The molecule has 2 heterocycles. The molecule has 8 heteroatoms. The third-order valence-corrected chi connectivity index (χ3v) is 4.97. The Balaban J connectivity index is 1.91. The Kier molecular flexibility index (Phi) is 13.2. The van der Waals surface area contributed by atoms with Gasteiger partial charge >= 0.3 is 0 Å². The molecule has 0 saturated heterocycles. The number of hydrogen-bond acceptors (Lipinski definition) is 8. The monoisotopic (exact) mass is 516 g/mol. The molecule has 0 N–H and O–H groups in total. The summed E-state index contributed by atoms with van der Waals surface area (Å²) in [6.45, 7) is 3.36. The van der Waals surface area contributed by atoms with E-state index in [0.717, 1.165) is 11.1 Å². The molecule has 0 radical (unpaired) electrons. The van der Waals surface area contributed by atoms with Crippen LogP contribution in [0.1, 0.15) is 22.3 Å². The van der Waals surface area contributed by atoms with Crippen molar-refractivity contribution in [3.05, 3.63) is 83.4 Å². The van der Waals surface area contributed by atoms with Crippen LogP contribution in [0.4, 0.5) is 0 Å². The first-order chi connectivity index (χ1) is 18.8. The smallest absolute Gasteiger partial charge is 0.178 e. The molecule has 0 saturated carbocycles. The fraction of sp³-hybridized carbons (Fsp3) is 0.333. The predicted octanol–water partition coefficient (Wildman–Crippen LogP) is 3.36. The van der Waals surface area contributed by atoms with E-state index in [2.05, 4.69) is 33.6 Å². The molecule has 0 aliphatic carbocycles. The maximum absolute atomic E-state index is 6.18. The molecule has 3 aromatic rings. The lowest BCUT2D eigenvalue weighted by Gasteiger charge is -2.16. The van der Waals surface area contributed by atoms with Gasteiger partial charge in [0.15, 0.2) is 11.5 Å². The number of rotatable bonds is 14. The van der Waals surface area contributed by atoms with E-state index >= 15 is 0 Å². The molecule has 0 aliphatic heterocycles. The lowest BCUT2D eigenvalue weighted by atomic mass is 10.1. The minimum absolute atomic E-state index is 0.301. The van der Waals surface area contributed by atoms with Gasteiger partial charge in [0, 0.05) is 50.1 Å². The minimum Gasteiger partial charge on any atom is -0.486 e. The predicted molar refractivity (Wildman–Crippen MR) is 143 cm³/mol. The third-order valence-electron chi connectivity index (χ3n) is 4.97. The molecule has 3 rings (SSSR count). The summed E-state index contributed by atoms with van der Waals surface area (Å²) in [5, 5.41) is 0. The van der Waals surface area contributed by atoms with Crippen molar-refractivity contribution >= 4 is 0 Å². The quantitative estimate of drug-likeness (QED) is 0.238. The lowest BCUT2D eigenvalue weighted by Crippen LogP contribution is -2.14. The van der Waals surface area contributed by atoms with E-state index in [9.17, 15) is 0 Å². The highest BCUT2D eigenvalue weighted by atomic mass is 16.6.